The van der Waals surface area contributed by atoms with Gasteiger partial charge in [0.1, 0.15) is 30.8 Å². The number of nitrogens with one attached hydrogen (secondary N) is 1. The number of hydrogen-bond acceptors (Lipinski definition) is 8. The first-order chi connectivity index (χ1) is 18.0. The number of methoxy groups -OCH3 is 1. The Morgan fingerprint density at radius 3 is 2.81 bits per heavy atom. The Kier molecular flexibility index (Phi) is 8.73. The smallest absolute Gasteiger partial charge is 0.326 e. The molecule has 9 nitrogen and oxygen atoms in total. The highest BCUT2D eigenvalue weighted by atomic mass is 32.2. The summed E-state index contributed by atoms with van der Waals surface area (Å²) in [6, 6.07) is 14.9. The second-order valence-electron chi connectivity index (χ2n) is 8.22. The van der Waals surface area contributed by atoms with E-state index < -0.39 is 17.9 Å². The van der Waals surface area contributed by atoms with Crippen LogP contribution < -0.4 is 24.3 Å². The first-order valence-corrected chi connectivity index (χ1v) is 13.1. The average molecular weight is 525 g/mol. The summed E-state index contributed by atoms with van der Waals surface area (Å²) < 4.78 is 23.1. The molecule has 194 valence electrons. The number of hydrogen-bond donors (Lipinski definition) is 2. The van der Waals surface area contributed by atoms with Gasteiger partial charge in [-0.2, -0.15) is 11.8 Å². The van der Waals surface area contributed by atoms with Crippen molar-refractivity contribution in [1.82, 2.24) is 10.3 Å². The number of amides is 1. The van der Waals surface area contributed by atoms with E-state index in [1.54, 1.807) is 49.7 Å². The van der Waals surface area contributed by atoms with Gasteiger partial charge in [0, 0.05) is 22.9 Å². The number of carboxylic acid groups (broad SMARTS) is 1. The Morgan fingerprint density at radius 1 is 1.19 bits per heavy atom. The molecular weight excluding hydrogens is 496 g/mol. The van der Waals surface area contributed by atoms with Gasteiger partial charge in [0.05, 0.1) is 7.11 Å². The zero-order valence-corrected chi connectivity index (χ0v) is 21.3. The highest BCUT2D eigenvalue weighted by Crippen LogP contribution is 2.35. The quantitative estimate of drug-likeness (QED) is 0.385. The van der Waals surface area contributed by atoms with Crippen molar-refractivity contribution in [1.29, 1.82) is 0 Å². The van der Waals surface area contributed by atoms with Crippen molar-refractivity contribution >= 4 is 23.6 Å². The number of carbonyl (C=O) groups is 2. The molecule has 2 N–H and O–H groups in total. The molecule has 2 atom stereocenters. The number of aromatic nitrogens is 1. The molecule has 0 aliphatic carbocycles. The van der Waals surface area contributed by atoms with Gasteiger partial charge in [-0.05, 0) is 54.8 Å². The largest absolute Gasteiger partial charge is 0.496 e. The summed E-state index contributed by atoms with van der Waals surface area (Å²) >= 11 is 1.52. The SMILES string of the molecule is COc1ccccc1-c1cc(OC[C@H]2COc3ncccc3O2)ccc1C(=O)N[C@@H](CCSC)C(=O)O. The lowest BCUT2D eigenvalue weighted by Crippen LogP contribution is -2.41. The molecule has 37 heavy (non-hydrogen) atoms. The fourth-order valence-electron chi connectivity index (χ4n) is 3.86. The first kappa shape index (κ1) is 26.2. The van der Waals surface area contributed by atoms with E-state index in [2.05, 4.69) is 10.3 Å². The summed E-state index contributed by atoms with van der Waals surface area (Å²) in [7, 11) is 1.55. The summed E-state index contributed by atoms with van der Waals surface area (Å²) in [5.41, 5.74) is 1.54. The maximum absolute atomic E-state index is 13.2. The molecule has 0 saturated carbocycles. The summed E-state index contributed by atoms with van der Waals surface area (Å²) in [4.78, 5) is 29.1. The fraction of sp³-hybridized carbons (Fsp3) is 0.296. The third-order valence-electron chi connectivity index (χ3n) is 5.72. The van der Waals surface area contributed by atoms with Crippen LogP contribution in [-0.4, -0.2) is 66.4 Å². The molecule has 0 unspecified atom stereocenters. The van der Waals surface area contributed by atoms with Gasteiger partial charge in [0.25, 0.3) is 11.8 Å². The van der Waals surface area contributed by atoms with Crippen molar-refractivity contribution in [3.63, 3.8) is 0 Å². The molecule has 1 aliphatic rings. The number of benzene rings is 2. The highest BCUT2D eigenvalue weighted by Gasteiger charge is 2.25. The standard InChI is InChI=1S/C27H28N2O7S/c1-33-23-7-4-3-6-19(23)21-14-17(34-15-18-16-35-26-24(36-18)8-5-12-28-26)9-10-20(21)25(30)29-22(27(31)32)11-13-37-2/h3-10,12,14,18,22H,11,13,15-16H2,1-2H3,(H,29,30)(H,31,32)/t18-,22-/m0/s1. The van der Waals surface area contributed by atoms with Gasteiger partial charge in [-0.15, -0.1) is 0 Å². The van der Waals surface area contributed by atoms with Crippen LogP contribution in [0.25, 0.3) is 11.1 Å². The molecule has 4 rings (SSSR count). The van der Waals surface area contributed by atoms with Crippen LogP contribution in [-0.2, 0) is 4.79 Å². The van der Waals surface area contributed by atoms with Crippen LogP contribution in [0.1, 0.15) is 16.8 Å². The number of ether oxygens (including phenoxy) is 4. The van der Waals surface area contributed by atoms with E-state index in [0.717, 1.165) is 0 Å². The second kappa shape index (κ2) is 12.4. The van der Waals surface area contributed by atoms with E-state index >= 15 is 0 Å². The maximum Gasteiger partial charge on any atom is 0.326 e. The lowest BCUT2D eigenvalue weighted by molar-refractivity contribution is -0.139. The lowest BCUT2D eigenvalue weighted by atomic mass is 9.97. The van der Waals surface area contributed by atoms with Crippen LogP contribution in [0.2, 0.25) is 0 Å². The fourth-order valence-corrected chi connectivity index (χ4v) is 4.33. The Morgan fingerprint density at radius 2 is 2.03 bits per heavy atom. The molecule has 3 aromatic rings. The van der Waals surface area contributed by atoms with Crippen molar-refractivity contribution in [2.75, 3.05) is 32.3 Å². The maximum atomic E-state index is 13.2. The van der Waals surface area contributed by atoms with Gasteiger partial charge in [-0.3, -0.25) is 4.79 Å². The Balaban J connectivity index is 1.58. The average Bonchev–Trinajstić information content (AvgIpc) is 2.93. The summed E-state index contributed by atoms with van der Waals surface area (Å²) in [5.74, 6) is 1.12. The van der Waals surface area contributed by atoms with Crippen molar-refractivity contribution in [2.45, 2.75) is 18.6 Å². The molecule has 0 fully saturated rings. The van der Waals surface area contributed by atoms with Crippen LogP contribution in [0.15, 0.2) is 60.8 Å². The van der Waals surface area contributed by atoms with Crippen LogP contribution >= 0.6 is 11.8 Å². The zero-order chi connectivity index (χ0) is 26.2. The van der Waals surface area contributed by atoms with E-state index in [0.29, 0.717) is 52.0 Å². The summed E-state index contributed by atoms with van der Waals surface area (Å²) in [6.07, 6.45) is 3.49. The van der Waals surface area contributed by atoms with Crippen molar-refractivity contribution < 1.29 is 33.6 Å². The molecule has 2 aromatic carbocycles. The molecule has 1 aromatic heterocycles. The molecule has 0 bridgehead atoms. The van der Waals surface area contributed by atoms with Gasteiger partial charge in [0.2, 0.25) is 0 Å². The third-order valence-corrected chi connectivity index (χ3v) is 6.36. The number of para-hydroxylation sites is 1. The minimum absolute atomic E-state index is 0.209. The zero-order valence-electron chi connectivity index (χ0n) is 20.5. The van der Waals surface area contributed by atoms with Gasteiger partial charge in [0.15, 0.2) is 11.9 Å². The molecular formula is C27H28N2O7S. The van der Waals surface area contributed by atoms with Crippen molar-refractivity contribution in [3.05, 3.63) is 66.4 Å². The number of nitrogens with zero attached hydrogens (tertiary/aromatic N) is 1. The molecule has 1 amide bonds. The number of thioether (sulfide) groups is 1. The number of carboxylic acids is 1. The van der Waals surface area contributed by atoms with E-state index in [1.807, 2.05) is 24.5 Å². The van der Waals surface area contributed by atoms with E-state index in [4.69, 9.17) is 18.9 Å². The predicted molar refractivity (Wildman–Crippen MR) is 140 cm³/mol. The first-order valence-electron chi connectivity index (χ1n) is 11.7. The van der Waals surface area contributed by atoms with Crippen molar-refractivity contribution in [3.8, 4) is 34.3 Å². The monoisotopic (exact) mass is 524 g/mol. The molecule has 0 radical (unpaired) electrons. The van der Waals surface area contributed by atoms with Crippen LogP contribution in [0.5, 0.6) is 23.1 Å². The number of rotatable bonds is 11. The Hall–Kier alpha value is -3.92. The number of carbonyl (C=O) groups excluding carboxylic acids is 1. The number of pyridine rings is 1. The van der Waals surface area contributed by atoms with Crippen LogP contribution in [0.4, 0.5) is 0 Å². The molecule has 1 aliphatic heterocycles. The van der Waals surface area contributed by atoms with Crippen molar-refractivity contribution in [2.24, 2.45) is 0 Å². The molecule has 0 saturated heterocycles. The summed E-state index contributed by atoms with van der Waals surface area (Å²) in [6.45, 7) is 0.498. The van der Waals surface area contributed by atoms with Gasteiger partial charge in [-0.1, -0.05) is 18.2 Å². The Bertz CT molecular complexity index is 1250. The van der Waals surface area contributed by atoms with Gasteiger partial charge < -0.3 is 29.4 Å². The normalized spacial score (nSPS) is 14.9. The lowest BCUT2D eigenvalue weighted by Gasteiger charge is -2.25. The van der Waals surface area contributed by atoms with E-state index in [9.17, 15) is 14.7 Å². The topological polar surface area (TPSA) is 116 Å². The van der Waals surface area contributed by atoms with E-state index in [1.165, 1.54) is 11.8 Å². The number of aliphatic carboxylic acids is 1. The summed E-state index contributed by atoms with van der Waals surface area (Å²) in [5, 5.41) is 12.2. The van der Waals surface area contributed by atoms with Crippen LogP contribution in [0.3, 0.4) is 0 Å². The minimum Gasteiger partial charge on any atom is -0.496 e. The Labute approximate surface area is 219 Å². The van der Waals surface area contributed by atoms with Gasteiger partial charge >= 0.3 is 5.97 Å². The molecule has 10 heteroatoms. The second-order valence-corrected chi connectivity index (χ2v) is 9.21. The third kappa shape index (κ3) is 6.45. The minimum atomic E-state index is -1.08. The van der Waals surface area contributed by atoms with Crippen LogP contribution in [0, 0.1) is 0 Å². The molecule has 2 heterocycles. The van der Waals surface area contributed by atoms with Gasteiger partial charge in [-0.25, -0.2) is 9.78 Å². The number of fused-ring (bicyclic) bond motifs is 1. The van der Waals surface area contributed by atoms with E-state index in [-0.39, 0.29) is 19.3 Å². The predicted octanol–water partition coefficient (Wildman–Crippen LogP) is 3.91. The molecule has 0 spiro atoms. The highest BCUT2D eigenvalue weighted by molar-refractivity contribution is 7.98.